The topological polar surface area (TPSA) is 60.6 Å². The van der Waals surface area contributed by atoms with E-state index in [1.54, 1.807) is 23.8 Å². The lowest BCUT2D eigenvalue weighted by Crippen LogP contribution is -2.19. The van der Waals surface area contributed by atoms with Crippen LogP contribution >= 0.6 is 0 Å². The number of aryl methyl sites for hydroxylation is 1. The van der Waals surface area contributed by atoms with Crippen molar-refractivity contribution in [3.8, 4) is 0 Å². The minimum absolute atomic E-state index is 0.0120. The first-order valence-electron chi connectivity index (χ1n) is 5.20. The zero-order chi connectivity index (χ0) is 12.6. The minimum atomic E-state index is -0.269. The SMILES string of the molecule is CC(=O)Cn1ccc(=O)n2c(C=O)c(C)cc12. The van der Waals surface area contributed by atoms with Crippen LogP contribution in [0.3, 0.4) is 0 Å². The first kappa shape index (κ1) is 11.3. The van der Waals surface area contributed by atoms with Crippen molar-refractivity contribution in [2.45, 2.75) is 20.4 Å². The lowest BCUT2D eigenvalue weighted by Gasteiger charge is -2.06. The summed E-state index contributed by atoms with van der Waals surface area (Å²) < 4.78 is 2.98. The largest absolute Gasteiger partial charge is 0.326 e. The molecule has 2 rings (SSSR count). The number of nitrogens with zero attached hydrogens (tertiary/aromatic N) is 2. The molecule has 88 valence electrons. The molecule has 0 atom stereocenters. The Kier molecular flexibility index (Phi) is 2.67. The van der Waals surface area contributed by atoms with E-state index in [2.05, 4.69) is 0 Å². The lowest BCUT2D eigenvalue weighted by atomic mass is 10.3. The highest BCUT2D eigenvalue weighted by Gasteiger charge is 2.11. The van der Waals surface area contributed by atoms with Crippen LogP contribution in [0.15, 0.2) is 23.1 Å². The van der Waals surface area contributed by atoms with E-state index < -0.39 is 0 Å². The zero-order valence-corrected chi connectivity index (χ0v) is 9.64. The predicted octanol–water partition coefficient (Wildman–Crippen LogP) is 0.811. The molecule has 0 bridgehead atoms. The molecule has 17 heavy (non-hydrogen) atoms. The molecule has 5 nitrogen and oxygen atoms in total. The summed E-state index contributed by atoms with van der Waals surface area (Å²) in [5.41, 5.74) is 1.35. The molecular formula is C12H12N2O3. The van der Waals surface area contributed by atoms with Gasteiger partial charge in [0.1, 0.15) is 11.4 Å². The number of aromatic nitrogens is 2. The number of ketones is 1. The zero-order valence-electron chi connectivity index (χ0n) is 9.64. The standard InChI is InChI=1S/C12H12N2O3/c1-8-5-11-13(6-9(2)16)4-3-12(17)14(11)10(8)7-15/h3-5,7H,6H2,1-2H3. The maximum Gasteiger partial charge on any atom is 0.258 e. The van der Waals surface area contributed by atoms with Crippen molar-refractivity contribution < 1.29 is 9.59 Å². The molecule has 0 spiro atoms. The van der Waals surface area contributed by atoms with Gasteiger partial charge < -0.3 is 4.57 Å². The van der Waals surface area contributed by atoms with Crippen LogP contribution in [0.4, 0.5) is 0 Å². The molecule has 0 aliphatic heterocycles. The van der Waals surface area contributed by atoms with Crippen molar-refractivity contribution in [3.05, 3.63) is 39.9 Å². The van der Waals surface area contributed by atoms with E-state index in [0.29, 0.717) is 17.6 Å². The summed E-state index contributed by atoms with van der Waals surface area (Å²) in [5.74, 6) is -0.0120. The van der Waals surface area contributed by atoms with Crippen LogP contribution in [0, 0.1) is 6.92 Å². The van der Waals surface area contributed by atoms with Gasteiger partial charge in [-0.15, -0.1) is 0 Å². The number of carbonyl (C=O) groups excluding carboxylic acids is 2. The van der Waals surface area contributed by atoms with Gasteiger partial charge in [-0.25, -0.2) is 0 Å². The maximum atomic E-state index is 11.7. The van der Waals surface area contributed by atoms with Crippen molar-refractivity contribution in [2.24, 2.45) is 0 Å². The van der Waals surface area contributed by atoms with E-state index in [1.165, 1.54) is 17.4 Å². The highest BCUT2D eigenvalue weighted by molar-refractivity contribution is 5.79. The Balaban J connectivity index is 2.83. The third kappa shape index (κ3) is 1.80. The van der Waals surface area contributed by atoms with Crippen molar-refractivity contribution in [2.75, 3.05) is 0 Å². The number of hydrogen-bond acceptors (Lipinski definition) is 3. The third-order valence-corrected chi connectivity index (χ3v) is 2.64. The summed E-state index contributed by atoms with van der Waals surface area (Å²) in [4.78, 5) is 33.8. The molecule has 0 aromatic carbocycles. The van der Waals surface area contributed by atoms with E-state index >= 15 is 0 Å². The summed E-state index contributed by atoms with van der Waals surface area (Å²) in [5, 5.41) is 0. The molecule has 0 unspecified atom stereocenters. The van der Waals surface area contributed by atoms with Gasteiger partial charge in [-0.1, -0.05) is 0 Å². The average molecular weight is 232 g/mol. The molecule has 0 aliphatic rings. The van der Waals surface area contributed by atoms with Crippen LogP contribution in [0.2, 0.25) is 0 Å². The minimum Gasteiger partial charge on any atom is -0.326 e. The van der Waals surface area contributed by atoms with Gasteiger partial charge in [-0.05, 0) is 25.5 Å². The van der Waals surface area contributed by atoms with Gasteiger partial charge in [0.05, 0.1) is 12.2 Å². The second kappa shape index (κ2) is 4.01. The quantitative estimate of drug-likeness (QED) is 0.736. The maximum absolute atomic E-state index is 11.7. The second-order valence-corrected chi connectivity index (χ2v) is 4.01. The van der Waals surface area contributed by atoms with Crippen LogP contribution in [0.1, 0.15) is 23.0 Å². The number of carbonyl (C=O) groups is 2. The summed E-state index contributed by atoms with van der Waals surface area (Å²) in [6.07, 6.45) is 2.22. The molecule has 0 radical (unpaired) electrons. The third-order valence-electron chi connectivity index (χ3n) is 2.64. The van der Waals surface area contributed by atoms with E-state index in [9.17, 15) is 14.4 Å². The molecule has 5 heteroatoms. The molecule has 0 saturated heterocycles. The molecule has 0 amide bonds. The lowest BCUT2D eigenvalue weighted by molar-refractivity contribution is -0.117. The smallest absolute Gasteiger partial charge is 0.258 e. The van der Waals surface area contributed by atoms with Gasteiger partial charge in [0.2, 0.25) is 0 Å². The van der Waals surface area contributed by atoms with Crippen LogP contribution in [0.25, 0.3) is 5.65 Å². The first-order chi connectivity index (χ1) is 8.04. The normalized spacial score (nSPS) is 10.7. The number of fused-ring (bicyclic) bond motifs is 1. The van der Waals surface area contributed by atoms with E-state index in [0.717, 1.165) is 5.56 Å². The Hall–Kier alpha value is -2.17. The Morgan fingerprint density at radius 1 is 1.47 bits per heavy atom. The summed E-state index contributed by atoms with van der Waals surface area (Å²) >= 11 is 0. The monoisotopic (exact) mass is 232 g/mol. The van der Waals surface area contributed by atoms with E-state index in [4.69, 9.17) is 0 Å². The summed E-state index contributed by atoms with van der Waals surface area (Å²) in [6.45, 7) is 3.42. The average Bonchev–Trinajstić information content (AvgIpc) is 2.59. The fraction of sp³-hybridized carbons (Fsp3) is 0.250. The molecule has 0 fully saturated rings. The van der Waals surface area contributed by atoms with E-state index in [1.807, 2.05) is 0 Å². The fourth-order valence-corrected chi connectivity index (χ4v) is 1.90. The van der Waals surface area contributed by atoms with Gasteiger partial charge in [0.15, 0.2) is 6.29 Å². The van der Waals surface area contributed by atoms with Gasteiger partial charge >= 0.3 is 0 Å². The van der Waals surface area contributed by atoms with Crippen molar-refractivity contribution >= 4 is 17.7 Å². The van der Waals surface area contributed by atoms with Crippen LogP contribution in [-0.4, -0.2) is 21.0 Å². The Morgan fingerprint density at radius 3 is 2.76 bits per heavy atom. The number of hydrogen-bond donors (Lipinski definition) is 0. The highest BCUT2D eigenvalue weighted by Crippen LogP contribution is 2.12. The van der Waals surface area contributed by atoms with Crippen LogP contribution < -0.4 is 5.56 Å². The van der Waals surface area contributed by atoms with Gasteiger partial charge in [0, 0.05) is 12.3 Å². The van der Waals surface area contributed by atoms with Gasteiger partial charge in [0.25, 0.3) is 5.56 Å². The molecule has 2 heterocycles. The van der Waals surface area contributed by atoms with Gasteiger partial charge in [-0.3, -0.25) is 18.8 Å². The molecule has 0 aliphatic carbocycles. The molecule has 2 aromatic rings. The highest BCUT2D eigenvalue weighted by atomic mass is 16.1. The Morgan fingerprint density at radius 2 is 2.18 bits per heavy atom. The van der Waals surface area contributed by atoms with Crippen LogP contribution in [0.5, 0.6) is 0 Å². The number of aldehydes is 1. The summed E-state index contributed by atoms with van der Waals surface area (Å²) in [7, 11) is 0. The first-order valence-corrected chi connectivity index (χ1v) is 5.20. The van der Waals surface area contributed by atoms with Crippen molar-refractivity contribution in [1.82, 2.24) is 8.97 Å². The molecular weight excluding hydrogens is 220 g/mol. The Labute approximate surface area is 97.3 Å². The fourth-order valence-electron chi connectivity index (χ4n) is 1.90. The second-order valence-electron chi connectivity index (χ2n) is 4.01. The molecule has 0 N–H and O–H groups in total. The molecule has 2 aromatic heterocycles. The van der Waals surface area contributed by atoms with Crippen molar-refractivity contribution in [1.29, 1.82) is 0 Å². The van der Waals surface area contributed by atoms with Gasteiger partial charge in [-0.2, -0.15) is 0 Å². The Bertz CT molecular complexity index is 664. The van der Waals surface area contributed by atoms with Crippen molar-refractivity contribution in [3.63, 3.8) is 0 Å². The van der Waals surface area contributed by atoms with E-state index in [-0.39, 0.29) is 17.9 Å². The number of rotatable bonds is 3. The summed E-state index contributed by atoms with van der Waals surface area (Å²) in [6, 6.07) is 3.08. The predicted molar refractivity (Wildman–Crippen MR) is 62.5 cm³/mol. The van der Waals surface area contributed by atoms with Crippen LogP contribution in [-0.2, 0) is 11.3 Å². The number of Topliss-reactive ketones (excluding diaryl/α,β-unsaturated/α-hetero) is 1. The molecule has 0 saturated carbocycles.